The molecule has 0 saturated heterocycles. The molecule has 1 aromatic carbocycles. The van der Waals surface area contributed by atoms with Crippen molar-refractivity contribution in [1.29, 1.82) is 0 Å². The summed E-state index contributed by atoms with van der Waals surface area (Å²) in [6.45, 7) is 1.64. The number of benzene rings is 1. The summed E-state index contributed by atoms with van der Waals surface area (Å²) in [5.41, 5.74) is 1.26. The second kappa shape index (κ2) is 5.42. The molecule has 1 aromatic heterocycles. The zero-order valence-electron chi connectivity index (χ0n) is 9.83. The standard InChI is InChI=1S/C12H13N3O3/c1-8(6-16)14-11(17)9-2-4-10(5-3-9)12-15-13-7-18-12/h2-5,7-8,16H,6H2,1H3,(H,14,17)/t8-/m0/s1. The lowest BCUT2D eigenvalue weighted by Crippen LogP contribution is -2.34. The molecule has 6 heteroatoms. The molecule has 0 radical (unpaired) electrons. The van der Waals surface area contributed by atoms with Crippen molar-refractivity contribution in [3.05, 3.63) is 36.2 Å². The van der Waals surface area contributed by atoms with Crippen molar-refractivity contribution in [2.75, 3.05) is 6.61 Å². The smallest absolute Gasteiger partial charge is 0.251 e. The summed E-state index contributed by atoms with van der Waals surface area (Å²) >= 11 is 0. The Morgan fingerprint density at radius 2 is 2.17 bits per heavy atom. The molecule has 0 aliphatic rings. The van der Waals surface area contributed by atoms with Gasteiger partial charge in [0.15, 0.2) is 0 Å². The molecule has 0 saturated carbocycles. The van der Waals surface area contributed by atoms with E-state index in [1.807, 2.05) is 0 Å². The van der Waals surface area contributed by atoms with Crippen LogP contribution in [0.4, 0.5) is 0 Å². The monoisotopic (exact) mass is 247 g/mol. The van der Waals surface area contributed by atoms with Gasteiger partial charge in [-0.3, -0.25) is 4.79 Å². The molecule has 6 nitrogen and oxygen atoms in total. The molecule has 0 fully saturated rings. The van der Waals surface area contributed by atoms with E-state index in [4.69, 9.17) is 9.52 Å². The lowest BCUT2D eigenvalue weighted by atomic mass is 10.1. The zero-order valence-corrected chi connectivity index (χ0v) is 9.83. The average molecular weight is 247 g/mol. The minimum Gasteiger partial charge on any atom is -0.423 e. The fourth-order valence-corrected chi connectivity index (χ4v) is 1.42. The number of amides is 1. The third-order valence-electron chi connectivity index (χ3n) is 2.41. The van der Waals surface area contributed by atoms with E-state index in [0.717, 1.165) is 5.56 Å². The average Bonchev–Trinajstić information content (AvgIpc) is 2.92. The molecule has 0 bridgehead atoms. The van der Waals surface area contributed by atoms with Crippen LogP contribution >= 0.6 is 0 Å². The Bertz CT molecular complexity index is 508. The maximum atomic E-state index is 11.7. The molecular formula is C12H13N3O3. The van der Waals surface area contributed by atoms with E-state index in [9.17, 15) is 4.79 Å². The molecule has 0 spiro atoms. The second-order valence-corrected chi connectivity index (χ2v) is 3.88. The third kappa shape index (κ3) is 2.72. The normalized spacial score (nSPS) is 12.1. The van der Waals surface area contributed by atoms with Gasteiger partial charge in [-0.1, -0.05) is 0 Å². The van der Waals surface area contributed by atoms with Gasteiger partial charge >= 0.3 is 0 Å². The van der Waals surface area contributed by atoms with Crippen LogP contribution in [0, 0.1) is 0 Å². The molecule has 1 atom stereocenters. The fourth-order valence-electron chi connectivity index (χ4n) is 1.42. The van der Waals surface area contributed by atoms with Gasteiger partial charge in [0.05, 0.1) is 6.61 Å². The summed E-state index contributed by atoms with van der Waals surface area (Å²) in [5, 5.41) is 18.9. The maximum Gasteiger partial charge on any atom is 0.251 e. The van der Waals surface area contributed by atoms with E-state index in [2.05, 4.69) is 15.5 Å². The van der Waals surface area contributed by atoms with Crippen LogP contribution in [-0.2, 0) is 0 Å². The topological polar surface area (TPSA) is 88.2 Å². The Kier molecular flexibility index (Phi) is 3.69. The number of hydrogen-bond donors (Lipinski definition) is 2. The zero-order chi connectivity index (χ0) is 13.0. The van der Waals surface area contributed by atoms with Crippen molar-refractivity contribution in [3.8, 4) is 11.5 Å². The number of aliphatic hydroxyl groups is 1. The van der Waals surface area contributed by atoms with Crippen LogP contribution in [0.1, 0.15) is 17.3 Å². The maximum absolute atomic E-state index is 11.7. The number of nitrogens with zero attached hydrogens (tertiary/aromatic N) is 2. The highest BCUT2D eigenvalue weighted by molar-refractivity contribution is 5.94. The summed E-state index contributed by atoms with van der Waals surface area (Å²) < 4.78 is 5.05. The van der Waals surface area contributed by atoms with Crippen LogP contribution in [0.25, 0.3) is 11.5 Å². The first-order valence-corrected chi connectivity index (χ1v) is 5.49. The molecule has 0 aliphatic carbocycles. The van der Waals surface area contributed by atoms with Crippen LogP contribution < -0.4 is 5.32 Å². The number of carbonyl (C=O) groups is 1. The number of nitrogens with one attached hydrogen (secondary N) is 1. The van der Waals surface area contributed by atoms with Gasteiger partial charge in [-0.25, -0.2) is 0 Å². The Balaban J connectivity index is 2.10. The van der Waals surface area contributed by atoms with Gasteiger partial charge < -0.3 is 14.8 Å². The highest BCUT2D eigenvalue weighted by Gasteiger charge is 2.10. The van der Waals surface area contributed by atoms with Gasteiger partial charge in [0.25, 0.3) is 5.91 Å². The van der Waals surface area contributed by atoms with E-state index in [1.54, 1.807) is 31.2 Å². The van der Waals surface area contributed by atoms with E-state index in [-0.39, 0.29) is 18.6 Å². The quantitative estimate of drug-likeness (QED) is 0.836. The molecule has 1 heterocycles. The van der Waals surface area contributed by atoms with Crippen LogP contribution in [0.15, 0.2) is 35.1 Å². The Morgan fingerprint density at radius 1 is 1.44 bits per heavy atom. The molecule has 18 heavy (non-hydrogen) atoms. The van der Waals surface area contributed by atoms with Crippen molar-refractivity contribution < 1.29 is 14.3 Å². The van der Waals surface area contributed by atoms with Crippen LogP contribution in [0.3, 0.4) is 0 Å². The SMILES string of the molecule is C[C@@H](CO)NC(=O)c1ccc(-c2nnco2)cc1. The van der Waals surface area contributed by atoms with Gasteiger partial charge in [-0.05, 0) is 31.2 Å². The Morgan fingerprint density at radius 3 is 2.72 bits per heavy atom. The lowest BCUT2D eigenvalue weighted by molar-refractivity contribution is 0.0922. The van der Waals surface area contributed by atoms with E-state index in [1.165, 1.54) is 6.39 Å². The fraction of sp³-hybridized carbons (Fsp3) is 0.250. The summed E-state index contributed by atoms with van der Waals surface area (Å²) in [5.74, 6) is 0.180. The van der Waals surface area contributed by atoms with Gasteiger partial charge in [0.1, 0.15) is 0 Å². The second-order valence-electron chi connectivity index (χ2n) is 3.88. The lowest BCUT2D eigenvalue weighted by Gasteiger charge is -2.10. The minimum atomic E-state index is -0.270. The molecule has 94 valence electrons. The predicted octanol–water partition coefficient (Wildman–Crippen LogP) is 0.847. The Hall–Kier alpha value is -2.21. The molecular weight excluding hydrogens is 234 g/mol. The largest absolute Gasteiger partial charge is 0.423 e. The third-order valence-corrected chi connectivity index (χ3v) is 2.41. The highest BCUT2D eigenvalue weighted by atomic mass is 16.4. The van der Waals surface area contributed by atoms with Gasteiger partial charge in [-0.2, -0.15) is 0 Å². The molecule has 2 aromatic rings. The van der Waals surface area contributed by atoms with Gasteiger partial charge in [-0.15, -0.1) is 10.2 Å². The summed E-state index contributed by atoms with van der Waals surface area (Å²) in [6, 6.07) is 6.52. The van der Waals surface area contributed by atoms with E-state index >= 15 is 0 Å². The number of hydrogen-bond acceptors (Lipinski definition) is 5. The minimum absolute atomic E-state index is 0.0915. The van der Waals surface area contributed by atoms with Gasteiger partial charge in [0.2, 0.25) is 12.3 Å². The predicted molar refractivity (Wildman–Crippen MR) is 63.7 cm³/mol. The molecule has 1 amide bonds. The molecule has 0 aliphatic heterocycles. The highest BCUT2D eigenvalue weighted by Crippen LogP contribution is 2.16. The number of rotatable bonds is 4. The number of aliphatic hydroxyl groups excluding tert-OH is 1. The number of carbonyl (C=O) groups excluding carboxylic acids is 1. The summed E-state index contributed by atoms with van der Waals surface area (Å²) in [7, 11) is 0. The van der Waals surface area contributed by atoms with Crippen molar-refractivity contribution in [3.63, 3.8) is 0 Å². The van der Waals surface area contributed by atoms with Gasteiger partial charge in [0, 0.05) is 17.2 Å². The first-order chi connectivity index (χ1) is 8.70. The van der Waals surface area contributed by atoms with E-state index < -0.39 is 0 Å². The summed E-state index contributed by atoms with van der Waals surface area (Å²) in [6.07, 6.45) is 1.25. The summed E-state index contributed by atoms with van der Waals surface area (Å²) in [4.78, 5) is 11.7. The van der Waals surface area contributed by atoms with Crippen LogP contribution in [0.2, 0.25) is 0 Å². The van der Waals surface area contributed by atoms with Crippen molar-refractivity contribution in [1.82, 2.24) is 15.5 Å². The first kappa shape index (κ1) is 12.3. The van der Waals surface area contributed by atoms with Crippen molar-refractivity contribution >= 4 is 5.91 Å². The first-order valence-electron chi connectivity index (χ1n) is 5.49. The molecule has 2 rings (SSSR count). The molecule has 2 N–H and O–H groups in total. The van der Waals surface area contributed by atoms with E-state index in [0.29, 0.717) is 11.5 Å². The van der Waals surface area contributed by atoms with Crippen molar-refractivity contribution in [2.45, 2.75) is 13.0 Å². The van der Waals surface area contributed by atoms with Crippen molar-refractivity contribution in [2.24, 2.45) is 0 Å². The van der Waals surface area contributed by atoms with Crippen LogP contribution in [-0.4, -0.2) is 33.9 Å². The number of aromatic nitrogens is 2. The van der Waals surface area contributed by atoms with Crippen LogP contribution in [0.5, 0.6) is 0 Å². The molecule has 0 unspecified atom stereocenters. The Labute approximate surface area is 104 Å².